The van der Waals surface area contributed by atoms with Crippen molar-refractivity contribution in [1.29, 1.82) is 0 Å². The van der Waals surface area contributed by atoms with E-state index in [2.05, 4.69) is 21.9 Å². The molecule has 2 heterocycles. The predicted molar refractivity (Wildman–Crippen MR) is 102 cm³/mol. The van der Waals surface area contributed by atoms with Crippen molar-refractivity contribution in [2.24, 2.45) is 0 Å². The fourth-order valence-corrected chi connectivity index (χ4v) is 3.38. The van der Waals surface area contributed by atoms with E-state index in [1.54, 1.807) is 0 Å². The number of aliphatic hydroxyl groups excluding tert-OH is 1. The molecule has 0 spiro atoms. The number of nitrogens with zero attached hydrogens (tertiary/aromatic N) is 2. The van der Waals surface area contributed by atoms with Crippen molar-refractivity contribution in [3.05, 3.63) is 59.5 Å². The Kier molecular flexibility index (Phi) is 7.26. The first-order chi connectivity index (χ1) is 12.7. The first-order valence-electron chi connectivity index (χ1n) is 9.49. The molecule has 1 saturated heterocycles. The molecule has 0 amide bonds. The molecular weight excluding hydrogens is 328 g/mol. The maximum absolute atomic E-state index is 10.6. The van der Waals surface area contributed by atoms with Crippen LogP contribution in [0.2, 0.25) is 0 Å². The average Bonchev–Trinajstić information content (AvgIpc) is 3.06. The Hall–Kier alpha value is -1.66. The van der Waals surface area contributed by atoms with Gasteiger partial charge >= 0.3 is 0 Å². The third-order valence-corrected chi connectivity index (χ3v) is 4.79. The highest BCUT2D eigenvalue weighted by molar-refractivity contribution is 5.15. The fourth-order valence-electron chi connectivity index (χ4n) is 3.38. The molecule has 1 atom stereocenters. The van der Waals surface area contributed by atoms with Gasteiger partial charge in [0.15, 0.2) is 0 Å². The van der Waals surface area contributed by atoms with Crippen molar-refractivity contribution in [3.8, 4) is 0 Å². The van der Waals surface area contributed by atoms with Gasteiger partial charge in [-0.3, -0.25) is 9.80 Å². The molecule has 1 aliphatic rings. The van der Waals surface area contributed by atoms with Gasteiger partial charge in [0.25, 0.3) is 0 Å². The first kappa shape index (κ1) is 19.1. The molecule has 1 fully saturated rings. The molecule has 1 N–H and O–H groups in total. The third-order valence-electron chi connectivity index (χ3n) is 4.79. The van der Waals surface area contributed by atoms with Gasteiger partial charge in [0, 0.05) is 32.7 Å². The summed E-state index contributed by atoms with van der Waals surface area (Å²) in [7, 11) is 0. The summed E-state index contributed by atoms with van der Waals surface area (Å²) >= 11 is 0. The summed E-state index contributed by atoms with van der Waals surface area (Å²) in [5, 5.41) is 10.6. The standard InChI is InChI=1S/C21H30N2O3/c1-18-7-8-21(26-18)17-23(10-9-22-11-13-25-14-12-22)16-20(24)15-19-5-3-2-4-6-19/h2-8,20,24H,9-17H2,1H3. The molecule has 1 aromatic carbocycles. The Morgan fingerprint density at radius 1 is 1.12 bits per heavy atom. The number of hydrogen-bond acceptors (Lipinski definition) is 5. The smallest absolute Gasteiger partial charge is 0.118 e. The second-order valence-corrected chi connectivity index (χ2v) is 7.05. The van der Waals surface area contributed by atoms with Crippen LogP contribution >= 0.6 is 0 Å². The van der Waals surface area contributed by atoms with Crippen LogP contribution < -0.4 is 0 Å². The van der Waals surface area contributed by atoms with Gasteiger partial charge in [-0.15, -0.1) is 0 Å². The van der Waals surface area contributed by atoms with Gasteiger partial charge in [0.1, 0.15) is 11.5 Å². The highest BCUT2D eigenvalue weighted by Gasteiger charge is 2.17. The lowest BCUT2D eigenvalue weighted by molar-refractivity contribution is 0.0285. The van der Waals surface area contributed by atoms with Crippen molar-refractivity contribution in [2.45, 2.75) is 26.0 Å². The van der Waals surface area contributed by atoms with E-state index >= 15 is 0 Å². The number of benzene rings is 1. The monoisotopic (exact) mass is 358 g/mol. The molecule has 3 rings (SSSR count). The van der Waals surface area contributed by atoms with Crippen LogP contribution in [0.25, 0.3) is 0 Å². The zero-order chi connectivity index (χ0) is 18.2. The zero-order valence-electron chi connectivity index (χ0n) is 15.6. The van der Waals surface area contributed by atoms with Gasteiger partial charge in [-0.1, -0.05) is 30.3 Å². The fraction of sp³-hybridized carbons (Fsp3) is 0.524. The molecule has 5 nitrogen and oxygen atoms in total. The number of aryl methyl sites for hydroxylation is 1. The van der Waals surface area contributed by atoms with Gasteiger partial charge in [-0.25, -0.2) is 0 Å². The Balaban J connectivity index is 1.55. The van der Waals surface area contributed by atoms with Crippen LogP contribution in [0.5, 0.6) is 0 Å². The van der Waals surface area contributed by atoms with Gasteiger partial charge in [0.05, 0.1) is 25.9 Å². The van der Waals surface area contributed by atoms with E-state index < -0.39 is 6.10 Å². The van der Waals surface area contributed by atoms with Gasteiger partial charge in [0.2, 0.25) is 0 Å². The summed E-state index contributed by atoms with van der Waals surface area (Å²) in [5.74, 6) is 1.88. The summed E-state index contributed by atoms with van der Waals surface area (Å²) < 4.78 is 11.2. The van der Waals surface area contributed by atoms with E-state index in [0.717, 1.165) is 57.5 Å². The van der Waals surface area contributed by atoms with Crippen molar-refractivity contribution in [2.75, 3.05) is 45.9 Å². The van der Waals surface area contributed by atoms with E-state index in [-0.39, 0.29) is 0 Å². The van der Waals surface area contributed by atoms with E-state index in [4.69, 9.17) is 9.15 Å². The largest absolute Gasteiger partial charge is 0.465 e. The lowest BCUT2D eigenvalue weighted by Gasteiger charge is -2.30. The molecule has 26 heavy (non-hydrogen) atoms. The molecule has 5 heteroatoms. The van der Waals surface area contributed by atoms with Crippen LogP contribution in [-0.2, 0) is 17.7 Å². The van der Waals surface area contributed by atoms with Crippen LogP contribution in [0.1, 0.15) is 17.1 Å². The molecule has 142 valence electrons. The molecule has 0 bridgehead atoms. The molecule has 1 aromatic heterocycles. The minimum absolute atomic E-state index is 0.391. The number of rotatable bonds is 9. The Labute approximate surface area is 156 Å². The minimum Gasteiger partial charge on any atom is -0.465 e. The number of ether oxygens (including phenoxy) is 1. The molecular formula is C21H30N2O3. The second kappa shape index (κ2) is 9.88. The van der Waals surface area contributed by atoms with Crippen LogP contribution in [0, 0.1) is 6.92 Å². The number of morpholine rings is 1. The molecule has 2 aromatic rings. The van der Waals surface area contributed by atoms with Crippen molar-refractivity contribution in [1.82, 2.24) is 9.80 Å². The van der Waals surface area contributed by atoms with Crippen molar-refractivity contribution < 1.29 is 14.3 Å². The summed E-state index contributed by atoms with van der Waals surface area (Å²) in [6.45, 7) is 8.82. The van der Waals surface area contributed by atoms with Gasteiger partial charge in [-0.05, 0) is 31.0 Å². The number of furan rings is 1. The minimum atomic E-state index is -0.391. The average molecular weight is 358 g/mol. The lowest BCUT2D eigenvalue weighted by atomic mass is 10.1. The summed E-state index contributed by atoms with van der Waals surface area (Å²) in [6, 6.07) is 14.2. The van der Waals surface area contributed by atoms with Crippen LogP contribution in [-0.4, -0.2) is 66.9 Å². The second-order valence-electron chi connectivity index (χ2n) is 7.05. The van der Waals surface area contributed by atoms with Crippen LogP contribution in [0.3, 0.4) is 0 Å². The maximum Gasteiger partial charge on any atom is 0.118 e. The topological polar surface area (TPSA) is 49.1 Å². The van der Waals surface area contributed by atoms with E-state index in [1.165, 1.54) is 5.56 Å². The summed E-state index contributed by atoms with van der Waals surface area (Å²) in [4.78, 5) is 4.72. The highest BCUT2D eigenvalue weighted by atomic mass is 16.5. The SMILES string of the molecule is Cc1ccc(CN(CCN2CCOCC2)CC(O)Cc2ccccc2)o1. The lowest BCUT2D eigenvalue weighted by Crippen LogP contribution is -2.43. The van der Waals surface area contributed by atoms with Crippen molar-refractivity contribution in [3.63, 3.8) is 0 Å². The van der Waals surface area contributed by atoms with Gasteiger partial charge in [-0.2, -0.15) is 0 Å². The Bertz CT molecular complexity index is 638. The van der Waals surface area contributed by atoms with Crippen molar-refractivity contribution >= 4 is 0 Å². The third kappa shape index (κ3) is 6.25. The molecule has 0 aliphatic carbocycles. The van der Waals surface area contributed by atoms with Crippen LogP contribution in [0.4, 0.5) is 0 Å². The van der Waals surface area contributed by atoms with E-state index in [0.29, 0.717) is 13.0 Å². The molecule has 1 aliphatic heterocycles. The normalized spacial score (nSPS) is 16.9. The Morgan fingerprint density at radius 2 is 1.88 bits per heavy atom. The predicted octanol–water partition coefficient (Wildman–Crippen LogP) is 2.33. The summed E-state index contributed by atoms with van der Waals surface area (Å²) in [5.41, 5.74) is 1.17. The van der Waals surface area contributed by atoms with Crippen LogP contribution in [0.15, 0.2) is 46.9 Å². The first-order valence-corrected chi connectivity index (χ1v) is 9.49. The zero-order valence-corrected chi connectivity index (χ0v) is 15.6. The summed E-state index contributed by atoms with van der Waals surface area (Å²) in [6.07, 6.45) is 0.282. The van der Waals surface area contributed by atoms with E-state index in [1.807, 2.05) is 37.3 Å². The number of aliphatic hydroxyl groups is 1. The maximum atomic E-state index is 10.6. The molecule has 0 radical (unpaired) electrons. The number of hydrogen-bond donors (Lipinski definition) is 1. The Morgan fingerprint density at radius 3 is 2.58 bits per heavy atom. The quantitative estimate of drug-likeness (QED) is 0.746. The molecule has 0 saturated carbocycles. The van der Waals surface area contributed by atoms with Gasteiger partial charge < -0.3 is 14.3 Å². The van der Waals surface area contributed by atoms with E-state index in [9.17, 15) is 5.11 Å². The molecule has 1 unspecified atom stereocenters. The highest BCUT2D eigenvalue weighted by Crippen LogP contribution is 2.12.